The van der Waals surface area contributed by atoms with Crippen LogP contribution in [0.5, 0.6) is 5.75 Å². The Labute approximate surface area is 155 Å². The summed E-state index contributed by atoms with van der Waals surface area (Å²) in [6.45, 7) is 4.92. The van der Waals surface area contributed by atoms with Crippen molar-refractivity contribution in [3.05, 3.63) is 29.5 Å². The van der Waals surface area contributed by atoms with Crippen molar-refractivity contribution < 1.29 is 4.74 Å². The average Bonchev–Trinajstić information content (AvgIpc) is 2.92. The Morgan fingerprint density at radius 2 is 2.16 bits per heavy atom. The smallest absolute Gasteiger partial charge is 0.119 e. The van der Waals surface area contributed by atoms with E-state index in [1.54, 1.807) is 18.4 Å². The van der Waals surface area contributed by atoms with E-state index < -0.39 is 0 Å². The van der Waals surface area contributed by atoms with Gasteiger partial charge in [-0.1, -0.05) is 13.3 Å². The first kappa shape index (κ1) is 16.1. The summed E-state index contributed by atoms with van der Waals surface area (Å²) >= 11 is 4.72. The van der Waals surface area contributed by atoms with Crippen LogP contribution in [0.3, 0.4) is 0 Å². The van der Waals surface area contributed by atoms with Crippen molar-refractivity contribution in [2.24, 2.45) is 11.8 Å². The van der Waals surface area contributed by atoms with E-state index in [0.717, 1.165) is 35.9 Å². The van der Waals surface area contributed by atoms with Crippen LogP contribution in [0.4, 0.5) is 0 Å². The van der Waals surface area contributed by atoms with Gasteiger partial charge >= 0.3 is 0 Å². The lowest BCUT2D eigenvalue weighted by molar-refractivity contribution is -0.0140. The molecule has 1 aromatic heterocycles. The second kappa shape index (κ2) is 5.95. The van der Waals surface area contributed by atoms with Crippen molar-refractivity contribution in [1.29, 1.82) is 0 Å². The quantitative estimate of drug-likeness (QED) is 0.826. The molecule has 1 aromatic carbocycles. The fourth-order valence-electron chi connectivity index (χ4n) is 6.21. The normalized spacial score (nSPS) is 33.3. The number of hydrogen-bond acceptors (Lipinski definition) is 3. The van der Waals surface area contributed by atoms with Crippen molar-refractivity contribution >= 4 is 23.5 Å². The van der Waals surface area contributed by atoms with Gasteiger partial charge in [0.1, 0.15) is 5.75 Å². The average molecular weight is 357 g/mol. The molecule has 4 heteroatoms. The fraction of sp³-hybridized carbons (Fsp3) is 0.619. The first-order valence-corrected chi connectivity index (χ1v) is 10.4. The molecule has 3 fully saturated rings. The van der Waals surface area contributed by atoms with Gasteiger partial charge in [0, 0.05) is 41.6 Å². The third-order valence-corrected chi connectivity index (χ3v) is 7.40. The maximum atomic E-state index is 5.52. The summed E-state index contributed by atoms with van der Waals surface area (Å²) < 4.78 is 8.01. The fourth-order valence-corrected chi connectivity index (χ4v) is 6.52. The Morgan fingerprint density at radius 1 is 1.28 bits per heavy atom. The zero-order valence-corrected chi connectivity index (χ0v) is 16.1. The summed E-state index contributed by atoms with van der Waals surface area (Å²) in [5, 5.41) is 1.39. The van der Waals surface area contributed by atoms with Gasteiger partial charge in [-0.15, -0.1) is 0 Å². The standard InChI is InChI=1S/C21H28N2OS/c1-3-14-8-13-9-18-20(14)22(11-13)7-6-16-17-10-15(24-2)4-5-19(17)23(12-25)21(16)18/h4-5,10,13-14,18,20,25H,3,6-9,11-12H2,1-2H3/t13-,14-,18+,20?/m0/s1. The molecule has 3 aliphatic heterocycles. The van der Waals surface area contributed by atoms with E-state index in [1.165, 1.54) is 43.3 Å². The molecule has 4 aliphatic rings. The Morgan fingerprint density at radius 3 is 2.92 bits per heavy atom. The van der Waals surface area contributed by atoms with Crippen molar-refractivity contribution in [2.45, 2.75) is 50.4 Å². The van der Waals surface area contributed by atoms with E-state index in [4.69, 9.17) is 17.4 Å². The number of fused-ring (bicyclic) bond motifs is 4. The number of rotatable bonds is 3. The van der Waals surface area contributed by atoms with E-state index in [0.29, 0.717) is 5.92 Å². The lowest BCUT2D eigenvalue weighted by atomic mass is 9.65. The molecule has 0 spiro atoms. The van der Waals surface area contributed by atoms with Crippen molar-refractivity contribution in [2.75, 3.05) is 20.2 Å². The number of hydrogen-bond donors (Lipinski definition) is 1. The molecule has 0 amide bonds. The Kier molecular flexibility index (Phi) is 3.83. The summed E-state index contributed by atoms with van der Waals surface area (Å²) in [6, 6.07) is 7.31. The molecule has 1 aliphatic carbocycles. The van der Waals surface area contributed by atoms with Crippen LogP contribution in [0.15, 0.2) is 18.2 Å². The van der Waals surface area contributed by atoms with Gasteiger partial charge in [0.05, 0.1) is 13.0 Å². The predicted octanol–water partition coefficient (Wildman–Crippen LogP) is 4.30. The summed E-state index contributed by atoms with van der Waals surface area (Å²) in [6.07, 6.45) is 5.29. The number of ether oxygens (including phenoxy) is 1. The SMILES string of the molecule is CC[C@H]1C[C@H]2C[C@H]3c4c(c5cc(OC)ccc5n4CS)CCN(C2)C13. The van der Waals surface area contributed by atoms with E-state index in [1.807, 2.05) is 0 Å². The van der Waals surface area contributed by atoms with E-state index in [2.05, 4.69) is 34.6 Å². The van der Waals surface area contributed by atoms with Crippen molar-refractivity contribution in [3.63, 3.8) is 0 Å². The molecular formula is C21H28N2OS. The Hall–Kier alpha value is -1.13. The highest BCUT2D eigenvalue weighted by Gasteiger charge is 2.49. The molecule has 2 saturated heterocycles. The van der Waals surface area contributed by atoms with Gasteiger partial charge in [-0.05, 0) is 54.9 Å². The number of methoxy groups -OCH3 is 1. The molecule has 25 heavy (non-hydrogen) atoms. The number of benzene rings is 1. The minimum Gasteiger partial charge on any atom is -0.497 e. The number of nitrogens with zero attached hydrogens (tertiary/aromatic N) is 2. The molecule has 3 nitrogen and oxygen atoms in total. The van der Waals surface area contributed by atoms with Crippen LogP contribution >= 0.6 is 12.6 Å². The largest absolute Gasteiger partial charge is 0.497 e. The molecule has 1 saturated carbocycles. The molecule has 5 atom stereocenters. The van der Waals surface area contributed by atoms with Crippen LogP contribution < -0.4 is 4.74 Å². The Bertz CT molecular complexity index is 814. The number of thiol groups is 1. The zero-order valence-electron chi connectivity index (χ0n) is 15.2. The second-order valence-electron chi connectivity index (χ2n) is 8.16. The third-order valence-electron chi connectivity index (χ3n) is 7.12. The maximum absolute atomic E-state index is 5.52. The van der Waals surface area contributed by atoms with E-state index in [-0.39, 0.29) is 0 Å². The van der Waals surface area contributed by atoms with Gasteiger partial charge in [0.15, 0.2) is 0 Å². The van der Waals surface area contributed by atoms with Crippen LogP contribution in [-0.4, -0.2) is 35.7 Å². The van der Waals surface area contributed by atoms with Crippen LogP contribution in [-0.2, 0) is 12.3 Å². The molecule has 4 bridgehead atoms. The predicted molar refractivity (Wildman–Crippen MR) is 106 cm³/mol. The van der Waals surface area contributed by atoms with Crippen molar-refractivity contribution in [3.8, 4) is 5.75 Å². The first-order valence-electron chi connectivity index (χ1n) is 9.79. The lowest BCUT2D eigenvalue weighted by Crippen LogP contribution is -2.56. The lowest BCUT2D eigenvalue weighted by Gasteiger charge is -2.53. The monoisotopic (exact) mass is 356 g/mol. The molecular weight excluding hydrogens is 328 g/mol. The second-order valence-corrected chi connectivity index (χ2v) is 8.45. The van der Waals surface area contributed by atoms with Gasteiger partial charge in [-0.25, -0.2) is 0 Å². The number of aromatic nitrogens is 1. The summed E-state index contributed by atoms with van der Waals surface area (Å²) in [5.41, 5.74) is 4.50. The molecule has 134 valence electrons. The topological polar surface area (TPSA) is 17.4 Å². The molecule has 2 aromatic rings. The van der Waals surface area contributed by atoms with Crippen LogP contribution in [0.2, 0.25) is 0 Å². The third kappa shape index (κ3) is 2.23. The van der Waals surface area contributed by atoms with Gasteiger partial charge in [-0.2, -0.15) is 12.6 Å². The van der Waals surface area contributed by atoms with Crippen LogP contribution in [0.1, 0.15) is 43.4 Å². The van der Waals surface area contributed by atoms with E-state index in [9.17, 15) is 0 Å². The molecule has 4 heterocycles. The molecule has 0 radical (unpaired) electrons. The highest BCUT2D eigenvalue weighted by atomic mass is 32.1. The van der Waals surface area contributed by atoms with E-state index >= 15 is 0 Å². The number of piperidine rings is 2. The van der Waals surface area contributed by atoms with Crippen LogP contribution in [0, 0.1) is 11.8 Å². The minimum absolute atomic E-state index is 0.681. The summed E-state index contributed by atoms with van der Waals surface area (Å²) in [5.74, 6) is 4.16. The van der Waals surface area contributed by atoms with Gasteiger partial charge in [0.2, 0.25) is 0 Å². The highest BCUT2D eigenvalue weighted by Crippen LogP contribution is 2.52. The molecule has 6 rings (SSSR count). The molecule has 2 unspecified atom stereocenters. The van der Waals surface area contributed by atoms with Crippen LogP contribution in [0.25, 0.3) is 10.9 Å². The van der Waals surface area contributed by atoms with Gasteiger partial charge in [0.25, 0.3) is 0 Å². The van der Waals surface area contributed by atoms with Gasteiger partial charge in [-0.3, -0.25) is 4.90 Å². The summed E-state index contributed by atoms with van der Waals surface area (Å²) in [7, 11) is 1.76. The highest BCUT2D eigenvalue weighted by molar-refractivity contribution is 7.79. The first-order chi connectivity index (χ1) is 12.2. The minimum atomic E-state index is 0.681. The maximum Gasteiger partial charge on any atom is 0.119 e. The summed E-state index contributed by atoms with van der Waals surface area (Å²) in [4.78, 5) is 2.82. The molecule has 0 N–H and O–H groups in total. The Balaban J connectivity index is 1.73. The zero-order chi connectivity index (χ0) is 17.1. The van der Waals surface area contributed by atoms with Crippen molar-refractivity contribution in [1.82, 2.24) is 9.47 Å². The van der Waals surface area contributed by atoms with Gasteiger partial charge < -0.3 is 9.30 Å².